The van der Waals surface area contributed by atoms with Crippen LogP contribution in [0.2, 0.25) is 0 Å². The number of aromatic nitrogens is 1. The minimum atomic E-state index is 1.09. The second-order valence-corrected chi connectivity index (χ2v) is 17.3. The van der Waals surface area contributed by atoms with Crippen LogP contribution in [0.1, 0.15) is 0 Å². The van der Waals surface area contributed by atoms with Gasteiger partial charge in [0.05, 0.1) is 28.1 Å². The average Bonchev–Trinajstić information content (AvgIpc) is 3.73. The molecular formula is C64H42N2. The van der Waals surface area contributed by atoms with Crippen LogP contribution < -0.4 is 4.90 Å². The lowest BCUT2D eigenvalue weighted by Crippen LogP contribution is -2.12. The predicted molar refractivity (Wildman–Crippen MR) is 281 cm³/mol. The number of rotatable bonds is 8. The molecule has 0 aliphatic rings. The molecule has 13 rings (SSSR count). The van der Waals surface area contributed by atoms with Crippen LogP contribution in [0.15, 0.2) is 255 Å². The molecule has 0 fully saturated rings. The van der Waals surface area contributed by atoms with Gasteiger partial charge in [-0.15, -0.1) is 0 Å². The van der Waals surface area contributed by atoms with Crippen molar-refractivity contribution in [1.82, 2.24) is 4.57 Å². The number of nitrogens with zero attached hydrogens (tertiary/aromatic N) is 2. The number of hydrogen-bond acceptors (Lipinski definition) is 1. The Balaban J connectivity index is 1.02. The molecule has 0 amide bonds. The molecule has 308 valence electrons. The molecule has 0 bridgehead atoms. The van der Waals surface area contributed by atoms with Gasteiger partial charge < -0.3 is 9.47 Å². The van der Waals surface area contributed by atoms with E-state index in [1.165, 1.54) is 98.8 Å². The summed E-state index contributed by atoms with van der Waals surface area (Å²) >= 11 is 0. The van der Waals surface area contributed by atoms with Gasteiger partial charge in [0, 0.05) is 32.8 Å². The Morgan fingerprint density at radius 1 is 0.273 bits per heavy atom. The van der Waals surface area contributed by atoms with Crippen LogP contribution in [-0.2, 0) is 0 Å². The lowest BCUT2D eigenvalue weighted by atomic mass is 9.91. The van der Waals surface area contributed by atoms with Crippen molar-refractivity contribution in [3.05, 3.63) is 255 Å². The summed E-state index contributed by atoms with van der Waals surface area (Å²) in [6.07, 6.45) is 0. The highest BCUT2D eigenvalue weighted by Gasteiger charge is 2.23. The van der Waals surface area contributed by atoms with E-state index in [1.54, 1.807) is 0 Å². The first-order chi connectivity index (χ1) is 32.7. The van der Waals surface area contributed by atoms with Gasteiger partial charge in [-0.1, -0.05) is 200 Å². The molecule has 2 heteroatoms. The highest BCUT2D eigenvalue weighted by Crippen LogP contribution is 2.48. The molecule has 13 aromatic rings. The molecule has 0 saturated heterocycles. The van der Waals surface area contributed by atoms with Gasteiger partial charge in [-0.2, -0.15) is 0 Å². The third kappa shape index (κ3) is 6.18. The van der Waals surface area contributed by atoms with E-state index < -0.39 is 0 Å². The summed E-state index contributed by atoms with van der Waals surface area (Å²) in [4.78, 5) is 2.48. The van der Waals surface area contributed by atoms with Gasteiger partial charge in [0.2, 0.25) is 0 Å². The quantitative estimate of drug-likeness (QED) is 0.138. The summed E-state index contributed by atoms with van der Waals surface area (Å²) in [5.41, 5.74) is 16.5. The van der Waals surface area contributed by atoms with Gasteiger partial charge in [0.25, 0.3) is 0 Å². The summed E-state index contributed by atoms with van der Waals surface area (Å²) in [6, 6.07) is 93.3. The standard InChI is InChI=1S/C64H42N2/c1-3-15-43(16-4-1)48-19-13-20-49(41-48)45-29-35-52(36-30-45)65(58-26-10-7-23-53(58)51-22-14-21-50(42-51)44-17-5-2-6-18-44)61-39-33-46-32-38-57-62(40-34-47-31-37-56(61)63(46)64(47)57)66-59-27-11-8-24-54(59)55-25-9-12-28-60(55)66/h1-42H. The van der Waals surface area contributed by atoms with Gasteiger partial charge in [-0.3, -0.25) is 0 Å². The zero-order valence-electron chi connectivity index (χ0n) is 36.1. The minimum absolute atomic E-state index is 1.09. The van der Waals surface area contributed by atoms with Crippen molar-refractivity contribution >= 4 is 71.2 Å². The van der Waals surface area contributed by atoms with E-state index in [9.17, 15) is 0 Å². The van der Waals surface area contributed by atoms with E-state index in [0.29, 0.717) is 0 Å². The van der Waals surface area contributed by atoms with E-state index in [-0.39, 0.29) is 0 Å². The van der Waals surface area contributed by atoms with Gasteiger partial charge in [0.1, 0.15) is 0 Å². The second kappa shape index (κ2) is 15.5. The molecule has 0 atom stereocenters. The number of benzene rings is 12. The van der Waals surface area contributed by atoms with Crippen LogP contribution in [-0.4, -0.2) is 4.57 Å². The summed E-state index contributed by atoms with van der Waals surface area (Å²) in [5, 5.41) is 9.98. The van der Waals surface area contributed by atoms with Gasteiger partial charge in [-0.25, -0.2) is 0 Å². The molecule has 2 nitrogen and oxygen atoms in total. The maximum Gasteiger partial charge on any atom is 0.0541 e. The normalized spacial score (nSPS) is 11.6. The fraction of sp³-hybridized carbons (Fsp3) is 0. The lowest BCUT2D eigenvalue weighted by molar-refractivity contribution is 1.20. The Labute approximate surface area is 383 Å². The van der Waals surface area contributed by atoms with Crippen LogP contribution in [0.3, 0.4) is 0 Å². The minimum Gasteiger partial charge on any atom is -0.309 e. The highest BCUT2D eigenvalue weighted by molar-refractivity contribution is 6.27. The van der Waals surface area contributed by atoms with Crippen LogP contribution in [0.5, 0.6) is 0 Å². The molecule has 1 heterocycles. The molecule has 0 radical (unpaired) electrons. The maximum atomic E-state index is 2.48. The van der Waals surface area contributed by atoms with Gasteiger partial charge >= 0.3 is 0 Å². The molecule has 0 unspecified atom stereocenters. The maximum absolute atomic E-state index is 2.48. The largest absolute Gasteiger partial charge is 0.309 e. The van der Waals surface area contributed by atoms with Crippen LogP contribution >= 0.6 is 0 Å². The van der Waals surface area contributed by atoms with Crippen molar-refractivity contribution in [1.29, 1.82) is 0 Å². The average molecular weight is 839 g/mol. The van der Waals surface area contributed by atoms with Crippen LogP contribution in [0.4, 0.5) is 17.1 Å². The molecule has 0 N–H and O–H groups in total. The predicted octanol–water partition coefficient (Wildman–Crippen LogP) is 17.8. The van der Waals surface area contributed by atoms with Crippen molar-refractivity contribution in [2.24, 2.45) is 0 Å². The summed E-state index contributed by atoms with van der Waals surface area (Å²) in [7, 11) is 0. The van der Waals surface area contributed by atoms with Crippen molar-refractivity contribution in [2.45, 2.75) is 0 Å². The summed E-state index contributed by atoms with van der Waals surface area (Å²) in [6.45, 7) is 0. The third-order valence-electron chi connectivity index (χ3n) is 13.5. The number of fused-ring (bicyclic) bond motifs is 3. The summed E-state index contributed by atoms with van der Waals surface area (Å²) in [5.74, 6) is 0. The molecule has 0 saturated carbocycles. The van der Waals surface area contributed by atoms with Gasteiger partial charge in [-0.05, 0) is 115 Å². The van der Waals surface area contributed by atoms with Gasteiger partial charge in [0.15, 0.2) is 0 Å². The Morgan fingerprint density at radius 2 is 0.742 bits per heavy atom. The molecule has 1 aromatic heterocycles. The number of hydrogen-bond donors (Lipinski definition) is 0. The fourth-order valence-corrected chi connectivity index (χ4v) is 10.5. The summed E-state index contributed by atoms with van der Waals surface area (Å²) < 4.78 is 2.46. The second-order valence-electron chi connectivity index (χ2n) is 17.3. The molecule has 12 aromatic carbocycles. The van der Waals surface area contributed by atoms with E-state index in [4.69, 9.17) is 0 Å². The Morgan fingerprint density at radius 3 is 1.39 bits per heavy atom. The van der Waals surface area contributed by atoms with E-state index >= 15 is 0 Å². The number of anilines is 3. The van der Waals surface area contributed by atoms with Crippen molar-refractivity contribution < 1.29 is 0 Å². The first-order valence-corrected chi connectivity index (χ1v) is 22.8. The molecular weight excluding hydrogens is 797 g/mol. The Kier molecular flexibility index (Phi) is 8.89. The monoisotopic (exact) mass is 838 g/mol. The first-order valence-electron chi connectivity index (χ1n) is 22.8. The fourth-order valence-electron chi connectivity index (χ4n) is 10.5. The highest BCUT2D eigenvalue weighted by atomic mass is 15.1. The first kappa shape index (κ1) is 37.8. The number of para-hydroxylation sites is 3. The van der Waals surface area contributed by atoms with E-state index in [2.05, 4.69) is 264 Å². The van der Waals surface area contributed by atoms with E-state index in [0.717, 1.165) is 22.6 Å². The Hall–Kier alpha value is -8.72. The zero-order chi connectivity index (χ0) is 43.6. The molecule has 0 aliphatic carbocycles. The Bertz CT molecular complexity index is 3870. The zero-order valence-corrected chi connectivity index (χ0v) is 36.1. The smallest absolute Gasteiger partial charge is 0.0541 e. The topological polar surface area (TPSA) is 8.17 Å². The molecule has 0 aliphatic heterocycles. The van der Waals surface area contributed by atoms with Crippen molar-refractivity contribution in [3.63, 3.8) is 0 Å². The van der Waals surface area contributed by atoms with Crippen LogP contribution in [0.25, 0.3) is 104 Å². The van der Waals surface area contributed by atoms with E-state index in [1.807, 2.05) is 0 Å². The molecule has 66 heavy (non-hydrogen) atoms. The lowest BCUT2D eigenvalue weighted by Gasteiger charge is -2.30. The SMILES string of the molecule is c1ccc(-c2cccc(-c3ccc(N(c4ccccc4-c4cccc(-c5ccccc5)c4)c4ccc5ccc6c(-n7c8ccccc8c8ccccc87)ccc7ccc4c5c76)cc3)c2)cc1. The third-order valence-corrected chi connectivity index (χ3v) is 13.5. The molecule has 0 spiro atoms. The van der Waals surface area contributed by atoms with Crippen LogP contribution in [0, 0.1) is 0 Å². The van der Waals surface area contributed by atoms with Crippen molar-refractivity contribution in [2.75, 3.05) is 4.90 Å². The van der Waals surface area contributed by atoms with Crippen molar-refractivity contribution in [3.8, 4) is 50.2 Å².